The van der Waals surface area contributed by atoms with Crippen molar-refractivity contribution in [2.45, 2.75) is 52.0 Å². The second kappa shape index (κ2) is 6.36. The molecule has 0 aliphatic rings. The molecule has 4 heteroatoms. The second-order valence-electron chi connectivity index (χ2n) is 5.88. The molecule has 0 amide bonds. The molecule has 0 saturated heterocycles. The SMILES string of the molecule is CC(C)CCC(C)n1c(C(C)Cl)nc2c(Cl)cccc21. The van der Waals surface area contributed by atoms with Gasteiger partial charge in [0.05, 0.1) is 15.9 Å². The van der Waals surface area contributed by atoms with Gasteiger partial charge in [0.15, 0.2) is 0 Å². The number of rotatable bonds is 5. The zero-order chi connectivity index (χ0) is 14.9. The van der Waals surface area contributed by atoms with E-state index in [2.05, 4.69) is 36.4 Å². The Morgan fingerprint density at radius 1 is 1.15 bits per heavy atom. The van der Waals surface area contributed by atoms with Crippen LogP contribution in [0.5, 0.6) is 0 Å². The van der Waals surface area contributed by atoms with Crippen molar-refractivity contribution in [2.24, 2.45) is 5.92 Å². The first-order chi connectivity index (χ1) is 9.41. The Kier molecular flexibility index (Phi) is 4.98. The van der Waals surface area contributed by atoms with E-state index < -0.39 is 0 Å². The number of aromatic nitrogens is 2. The van der Waals surface area contributed by atoms with E-state index in [1.807, 2.05) is 19.1 Å². The van der Waals surface area contributed by atoms with Crippen molar-refractivity contribution in [1.82, 2.24) is 9.55 Å². The number of benzene rings is 1. The maximum Gasteiger partial charge on any atom is 0.128 e. The van der Waals surface area contributed by atoms with Gasteiger partial charge in [0.1, 0.15) is 11.3 Å². The summed E-state index contributed by atoms with van der Waals surface area (Å²) in [6, 6.07) is 6.30. The minimum atomic E-state index is -0.125. The van der Waals surface area contributed by atoms with E-state index in [4.69, 9.17) is 23.2 Å². The normalized spacial score (nSPS) is 14.9. The van der Waals surface area contributed by atoms with Crippen LogP contribution in [0.2, 0.25) is 5.02 Å². The minimum Gasteiger partial charge on any atom is -0.324 e. The molecule has 2 nitrogen and oxygen atoms in total. The van der Waals surface area contributed by atoms with Gasteiger partial charge in [0.25, 0.3) is 0 Å². The highest BCUT2D eigenvalue weighted by atomic mass is 35.5. The highest BCUT2D eigenvalue weighted by Crippen LogP contribution is 2.33. The summed E-state index contributed by atoms with van der Waals surface area (Å²) in [6.45, 7) is 8.69. The van der Waals surface area contributed by atoms with Crippen LogP contribution in [0.25, 0.3) is 11.0 Å². The highest BCUT2D eigenvalue weighted by molar-refractivity contribution is 6.35. The van der Waals surface area contributed by atoms with Crippen LogP contribution >= 0.6 is 23.2 Å². The van der Waals surface area contributed by atoms with Crippen LogP contribution in [0.3, 0.4) is 0 Å². The van der Waals surface area contributed by atoms with E-state index in [1.165, 1.54) is 6.42 Å². The van der Waals surface area contributed by atoms with Gasteiger partial charge in [0.2, 0.25) is 0 Å². The van der Waals surface area contributed by atoms with Gasteiger partial charge in [0, 0.05) is 6.04 Å². The van der Waals surface area contributed by atoms with Crippen LogP contribution in [0, 0.1) is 5.92 Å². The predicted molar refractivity (Wildman–Crippen MR) is 87.8 cm³/mol. The van der Waals surface area contributed by atoms with E-state index in [0.29, 0.717) is 17.0 Å². The molecule has 110 valence electrons. The van der Waals surface area contributed by atoms with E-state index >= 15 is 0 Å². The van der Waals surface area contributed by atoms with Gasteiger partial charge in [-0.25, -0.2) is 4.98 Å². The molecule has 20 heavy (non-hydrogen) atoms. The predicted octanol–water partition coefficient (Wildman–Crippen LogP) is 5.99. The third kappa shape index (κ3) is 3.12. The lowest BCUT2D eigenvalue weighted by atomic mass is 10.0. The fraction of sp³-hybridized carbons (Fsp3) is 0.562. The summed E-state index contributed by atoms with van der Waals surface area (Å²) in [5.74, 6) is 1.61. The van der Waals surface area contributed by atoms with Gasteiger partial charge in [-0.1, -0.05) is 31.5 Å². The van der Waals surface area contributed by atoms with E-state index in [0.717, 1.165) is 23.3 Å². The molecule has 0 aliphatic heterocycles. The molecule has 2 rings (SSSR count). The van der Waals surface area contributed by atoms with E-state index in [9.17, 15) is 0 Å². The lowest BCUT2D eigenvalue weighted by molar-refractivity contribution is 0.437. The van der Waals surface area contributed by atoms with Gasteiger partial charge in [-0.3, -0.25) is 0 Å². The number of hydrogen-bond acceptors (Lipinski definition) is 1. The van der Waals surface area contributed by atoms with Crippen molar-refractivity contribution in [1.29, 1.82) is 0 Å². The molecule has 2 aromatic rings. The van der Waals surface area contributed by atoms with Crippen molar-refractivity contribution < 1.29 is 0 Å². The summed E-state index contributed by atoms with van der Waals surface area (Å²) in [4.78, 5) is 4.66. The van der Waals surface area contributed by atoms with Crippen LogP contribution in [0.4, 0.5) is 0 Å². The van der Waals surface area contributed by atoms with Gasteiger partial charge in [-0.05, 0) is 44.7 Å². The van der Waals surface area contributed by atoms with Crippen LogP contribution in [-0.2, 0) is 0 Å². The average Bonchev–Trinajstić information content (AvgIpc) is 2.77. The van der Waals surface area contributed by atoms with E-state index in [-0.39, 0.29) is 5.38 Å². The third-order valence-electron chi connectivity index (χ3n) is 3.66. The Morgan fingerprint density at radius 2 is 1.85 bits per heavy atom. The number of hydrogen-bond donors (Lipinski definition) is 0. The summed E-state index contributed by atoms with van der Waals surface area (Å²) in [6.07, 6.45) is 2.31. The maximum atomic E-state index is 6.31. The first kappa shape index (κ1) is 15.7. The molecule has 0 fully saturated rings. The molecular weight excluding hydrogens is 291 g/mol. The van der Waals surface area contributed by atoms with Gasteiger partial charge in [-0.15, -0.1) is 11.6 Å². The zero-order valence-corrected chi connectivity index (χ0v) is 14.0. The highest BCUT2D eigenvalue weighted by Gasteiger charge is 2.20. The Bertz CT molecular complexity index is 587. The number of nitrogens with zero attached hydrogens (tertiary/aromatic N) is 2. The Labute approximate surface area is 131 Å². The van der Waals surface area contributed by atoms with Crippen molar-refractivity contribution in [3.05, 3.63) is 29.0 Å². The van der Waals surface area contributed by atoms with Gasteiger partial charge < -0.3 is 4.57 Å². The lowest BCUT2D eigenvalue weighted by Crippen LogP contribution is -2.10. The lowest BCUT2D eigenvalue weighted by Gasteiger charge is -2.19. The third-order valence-corrected chi connectivity index (χ3v) is 4.16. The molecule has 2 atom stereocenters. The van der Waals surface area contributed by atoms with Crippen LogP contribution < -0.4 is 0 Å². The zero-order valence-electron chi connectivity index (χ0n) is 12.5. The summed E-state index contributed by atoms with van der Waals surface area (Å²) in [5, 5.41) is 0.566. The fourth-order valence-corrected chi connectivity index (χ4v) is 2.91. The maximum absolute atomic E-state index is 6.31. The molecule has 0 saturated carbocycles. The fourth-order valence-electron chi connectivity index (χ4n) is 2.55. The van der Waals surface area contributed by atoms with Crippen molar-refractivity contribution in [2.75, 3.05) is 0 Å². The summed E-state index contributed by atoms with van der Waals surface area (Å²) < 4.78 is 2.25. The Morgan fingerprint density at radius 3 is 2.45 bits per heavy atom. The summed E-state index contributed by atoms with van der Waals surface area (Å²) >= 11 is 12.6. The summed E-state index contributed by atoms with van der Waals surface area (Å²) in [7, 11) is 0. The van der Waals surface area contributed by atoms with Crippen molar-refractivity contribution in [3.8, 4) is 0 Å². The molecule has 0 bridgehead atoms. The Hall–Kier alpha value is -0.730. The van der Waals surface area contributed by atoms with Gasteiger partial charge in [-0.2, -0.15) is 0 Å². The molecule has 1 heterocycles. The molecule has 0 aliphatic carbocycles. The number of fused-ring (bicyclic) bond motifs is 1. The minimum absolute atomic E-state index is 0.125. The van der Waals surface area contributed by atoms with Crippen molar-refractivity contribution >= 4 is 34.2 Å². The number of halogens is 2. The number of imidazole rings is 1. The summed E-state index contributed by atoms with van der Waals surface area (Å²) in [5.41, 5.74) is 1.93. The average molecular weight is 313 g/mol. The molecule has 0 N–H and O–H groups in total. The molecule has 0 radical (unpaired) electrons. The molecular formula is C16H22Cl2N2. The topological polar surface area (TPSA) is 17.8 Å². The van der Waals surface area contributed by atoms with Crippen LogP contribution in [-0.4, -0.2) is 9.55 Å². The number of para-hydroxylation sites is 1. The Balaban J connectivity index is 2.48. The monoisotopic (exact) mass is 312 g/mol. The molecule has 2 unspecified atom stereocenters. The first-order valence-corrected chi connectivity index (χ1v) is 8.03. The van der Waals surface area contributed by atoms with Crippen molar-refractivity contribution in [3.63, 3.8) is 0 Å². The first-order valence-electron chi connectivity index (χ1n) is 7.22. The molecule has 1 aromatic heterocycles. The molecule has 1 aromatic carbocycles. The standard InChI is InChI=1S/C16H22Cl2N2/c1-10(2)8-9-11(3)20-14-7-5-6-13(18)15(14)19-16(20)12(4)17/h5-7,10-12H,8-9H2,1-4H3. The smallest absolute Gasteiger partial charge is 0.128 e. The largest absolute Gasteiger partial charge is 0.324 e. The quantitative estimate of drug-likeness (QED) is 0.620. The second-order valence-corrected chi connectivity index (χ2v) is 6.95. The van der Waals surface area contributed by atoms with E-state index in [1.54, 1.807) is 0 Å². The van der Waals surface area contributed by atoms with Crippen LogP contribution in [0.1, 0.15) is 57.8 Å². The molecule has 0 spiro atoms. The number of alkyl halides is 1. The van der Waals surface area contributed by atoms with Crippen LogP contribution in [0.15, 0.2) is 18.2 Å². The van der Waals surface area contributed by atoms with Gasteiger partial charge >= 0.3 is 0 Å².